The van der Waals surface area contributed by atoms with Crippen molar-refractivity contribution in [1.29, 1.82) is 0 Å². The number of benzene rings is 2. The number of halogens is 2. The molecule has 0 aliphatic heterocycles. The molecule has 0 spiro atoms. The van der Waals surface area contributed by atoms with Gasteiger partial charge < -0.3 is 15.4 Å². The Bertz CT molecular complexity index is 820. The number of amides is 2. The number of para-hydroxylation sites is 1. The minimum atomic E-state index is -0.269. The number of carbonyl (C=O) groups excluding carboxylic acids is 2. The third-order valence-corrected chi connectivity index (χ3v) is 4.86. The first kappa shape index (κ1) is 22.1. The highest BCUT2D eigenvalue weighted by molar-refractivity contribution is 6.42. The average Bonchev–Trinajstić information content (AvgIpc) is 2.66. The van der Waals surface area contributed by atoms with Gasteiger partial charge in [-0.25, -0.2) is 0 Å². The van der Waals surface area contributed by atoms with Crippen molar-refractivity contribution in [2.24, 2.45) is 0 Å². The summed E-state index contributed by atoms with van der Waals surface area (Å²) in [4.78, 5) is 23.9. The second-order valence-corrected chi connectivity index (χ2v) is 7.22. The van der Waals surface area contributed by atoms with Gasteiger partial charge >= 0.3 is 0 Å². The van der Waals surface area contributed by atoms with Gasteiger partial charge in [0, 0.05) is 25.1 Å². The molecule has 2 N–H and O–H groups in total. The smallest absolute Gasteiger partial charge is 0.251 e. The number of carbonyl (C=O) groups is 2. The van der Waals surface area contributed by atoms with Crippen LogP contribution < -0.4 is 15.4 Å². The molecule has 2 aromatic carbocycles. The fraction of sp³-hybridized carbons (Fsp3) is 0.333. The fourth-order valence-corrected chi connectivity index (χ4v) is 2.94. The molecule has 28 heavy (non-hydrogen) atoms. The van der Waals surface area contributed by atoms with E-state index in [4.69, 9.17) is 27.9 Å². The predicted molar refractivity (Wildman–Crippen MR) is 112 cm³/mol. The molecule has 0 radical (unpaired) electrons. The van der Waals surface area contributed by atoms with E-state index in [0.717, 1.165) is 16.9 Å². The summed E-state index contributed by atoms with van der Waals surface area (Å²) in [6.45, 7) is 5.16. The molecule has 0 heterocycles. The van der Waals surface area contributed by atoms with E-state index >= 15 is 0 Å². The normalized spacial score (nSPS) is 10.4. The van der Waals surface area contributed by atoms with Crippen molar-refractivity contribution in [3.05, 3.63) is 63.1 Å². The standard InChI is InChI=1S/C21H24Cl2N2O3/c1-14-5-3-6-15(2)20(14)28-12-4-7-19(26)24-10-11-25-21(27)16-8-9-17(22)18(23)13-16/h3,5-6,8-9,13H,4,7,10-12H2,1-2H3,(H,24,26)(H,25,27). The molecule has 0 saturated carbocycles. The Morgan fingerprint density at radius 1 is 0.964 bits per heavy atom. The van der Waals surface area contributed by atoms with Crippen LogP contribution in [-0.4, -0.2) is 31.5 Å². The SMILES string of the molecule is Cc1cccc(C)c1OCCCC(=O)NCCNC(=O)c1ccc(Cl)c(Cl)c1. The number of aryl methyl sites for hydroxylation is 2. The number of rotatable bonds is 9. The van der Waals surface area contributed by atoms with E-state index in [0.29, 0.717) is 48.1 Å². The van der Waals surface area contributed by atoms with Gasteiger partial charge in [0.05, 0.1) is 16.7 Å². The van der Waals surface area contributed by atoms with E-state index in [1.807, 2.05) is 32.0 Å². The highest BCUT2D eigenvalue weighted by atomic mass is 35.5. The predicted octanol–water partition coefficient (Wildman–Crippen LogP) is 4.32. The van der Waals surface area contributed by atoms with E-state index in [2.05, 4.69) is 10.6 Å². The van der Waals surface area contributed by atoms with Crippen molar-refractivity contribution in [2.75, 3.05) is 19.7 Å². The van der Waals surface area contributed by atoms with Crippen molar-refractivity contribution >= 4 is 35.0 Å². The summed E-state index contributed by atoms with van der Waals surface area (Å²) >= 11 is 11.7. The molecule has 5 nitrogen and oxygen atoms in total. The maximum Gasteiger partial charge on any atom is 0.251 e. The van der Waals surface area contributed by atoms with E-state index < -0.39 is 0 Å². The van der Waals surface area contributed by atoms with Crippen molar-refractivity contribution in [2.45, 2.75) is 26.7 Å². The zero-order chi connectivity index (χ0) is 20.5. The minimum Gasteiger partial charge on any atom is -0.493 e. The topological polar surface area (TPSA) is 67.4 Å². The van der Waals surface area contributed by atoms with E-state index in [-0.39, 0.29) is 11.8 Å². The number of hydrogen-bond acceptors (Lipinski definition) is 3. The van der Waals surface area contributed by atoms with Crippen LogP contribution in [0, 0.1) is 13.8 Å². The fourth-order valence-electron chi connectivity index (χ4n) is 2.64. The summed E-state index contributed by atoms with van der Waals surface area (Å²) in [6, 6.07) is 10.7. The highest BCUT2D eigenvalue weighted by Crippen LogP contribution is 2.23. The monoisotopic (exact) mass is 422 g/mol. The molecule has 0 saturated heterocycles. The quantitative estimate of drug-likeness (QED) is 0.591. The lowest BCUT2D eigenvalue weighted by atomic mass is 10.1. The Morgan fingerprint density at radius 2 is 1.64 bits per heavy atom. The second kappa shape index (κ2) is 10.9. The van der Waals surface area contributed by atoms with Gasteiger partial charge in [0.2, 0.25) is 5.91 Å². The summed E-state index contributed by atoms with van der Waals surface area (Å²) in [7, 11) is 0. The molecule has 7 heteroatoms. The van der Waals surface area contributed by atoms with Crippen LogP contribution in [0.25, 0.3) is 0 Å². The Labute approximate surface area is 175 Å². The van der Waals surface area contributed by atoms with E-state index in [1.165, 1.54) is 6.07 Å². The molecule has 2 amide bonds. The van der Waals surface area contributed by atoms with Crippen molar-refractivity contribution in [3.63, 3.8) is 0 Å². The molecular formula is C21H24Cl2N2O3. The third kappa shape index (κ3) is 6.73. The molecule has 0 bridgehead atoms. The van der Waals surface area contributed by atoms with Crippen LogP contribution in [0.4, 0.5) is 0 Å². The lowest BCUT2D eigenvalue weighted by Gasteiger charge is -2.12. The van der Waals surface area contributed by atoms with Gasteiger partial charge in [-0.15, -0.1) is 0 Å². The Balaban J connectivity index is 1.61. The van der Waals surface area contributed by atoms with Gasteiger partial charge in [-0.1, -0.05) is 41.4 Å². The van der Waals surface area contributed by atoms with Crippen LogP contribution >= 0.6 is 23.2 Å². The number of nitrogens with one attached hydrogen (secondary N) is 2. The molecule has 0 aliphatic rings. The summed E-state index contributed by atoms with van der Waals surface area (Å²) < 4.78 is 5.78. The summed E-state index contributed by atoms with van der Waals surface area (Å²) in [5.41, 5.74) is 2.59. The van der Waals surface area contributed by atoms with Gasteiger partial charge in [-0.05, 0) is 49.6 Å². The van der Waals surface area contributed by atoms with Gasteiger partial charge in [0.25, 0.3) is 5.91 Å². The van der Waals surface area contributed by atoms with Crippen LogP contribution in [0.1, 0.15) is 34.3 Å². The van der Waals surface area contributed by atoms with Crippen LogP contribution in [0.15, 0.2) is 36.4 Å². The molecule has 0 atom stereocenters. The Hall–Kier alpha value is -2.24. The van der Waals surface area contributed by atoms with Gasteiger partial charge in [0.15, 0.2) is 0 Å². The van der Waals surface area contributed by atoms with Crippen molar-refractivity contribution in [1.82, 2.24) is 10.6 Å². The lowest BCUT2D eigenvalue weighted by Crippen LogP contribution is -2.34. The van der Waals surface area contributed by atoms with Crippen LogP contribution in [-0.2, 0) is 4.79 Å². The Morgan fingerprint density at radius 3 is 2.32 bits per heavy atom. The molecule has 2 aromatic rings. The first-order chi connectivity index (χ1) is 13.4. The van der Waals surface area contributed by atoms with E-state index in [1.54, 1.807) is 12.1 Å². The zero-order valence-corrected chi connectivity index (χ0v) is 17.5. The first-order valence-electron chi connectivity index (χ1n) is 9.07. The average molecular weight is 423 g/mol. The van der Waals surface area contributed by atoms with E-state index in [9.17, 15) is 9.59 Å². The molecule has 150 valence electrons. The van der Waals surface area contributed by atoms with Crippen LogP contribution in [0.5, 0.6) is 5.75 Å². The molecular weight excluding hydrogens is 399 g/mol. The summed E-state index contributed by atoms with van der Waals surface area (Å²) in [5, 5.41) is 6.22. The van der Waals surface area contributed by atoms with Gasteiger partial charge in [0.1, 0.15) is 5.75 Å². The molecule has 0 unspecified atom stereocenters. The Kier molecular flexibility index (Phi) is 8.61. The zero-order valence-electron chi connectivity index (χ0n) is 16.0. The van der Waals surface area contributed by atoms with Crippen LogP contribution in [0.2, 0.25) is 10.0 Å². The van der Waals surface area contributed by atoms with Gasteiger partial charge in [-0.2, -0.15) is 0 Å². The largest absolute Gasteiger partial charge is 0.493 e. The maximum absolute atomic E-state index is 12.0. The third-order valence-electron chi connectivity index (χ3n) is 4.12. The molecule has 0 aliphatic carbocycles. The van der Waals surface area contributed by atoms with Crippen molar-refractivity contribution in [3.8, 4) is 5.75 Å². The molecule has 0 aromatic heterocycles. The summed E-state index contributed by atoms with van der Waals surface area (Å²) in [5.74, 6) is 0.539. The van der Waals surface area contributed by atoms with Gasteiger partial charge in [-0.3, -0.25) is 9.59 Å². The minimum absolute atomic E-state index is 0.0751. The summed E-state index contributed by atoms with van der Waals surface area (Å²) in [6.07, 6.45) is 0.987. The first-order valence-corrected chi connectivity index (χ1v) is 9.83. The second-order valence-electron chi connectivity index (χ2n) is 6.41. The van der Waals surface area contributed by atoms with Crippen molar-refractivity contribution < 1.29 is 14.3 Å². The molecule has 2 rings (SSSR count). The maximum atomic E-state index is 12.0. The number of ether oxygens (including phenoxy) is 1. The lowest BCUT2D eigenvalue weighted by molar-refractivity contribution is -0.121. The van der Waals surface area contributed by atoms with Crippen LogP contribution in [0.3, 0.4) is 0 Å². The molecule has 0 fully saturated rings. The number of hydrogen-bond donors (Lipinski definition) is 2. The highest BCUT2D eigenvalue weighted by Gasteiger charge is 2.08.